The molecule has 0 fully saturated rings. The maximum absolute atomic E-state index is 14.7. The minimum absolute atomic E-state index is 0.0858. The van der Waals surface area contributed by atoms with Gasteiger partial charge in [-0.05, 0) is 47.2 Å². The number of aromatic carboxylic acids is 4. The molecule has 4 N–H and O–H groups in total. The monoisotopic (exact) mass is 536 g/mol. The molecule has 0 saturated heterocycles. The fourth-order valence-corrected chi connectivity index (χ4v) is 4.13. The molecule has 2 aromatic carbocycles. The summed E-state index contributed by atoms with van der Waals surface area (Å²) < 4.78 is 88.2. The second-order valence-corrected chi connectivity index (χ2v) is 8.34. The van der Waals surface area contributed by atoms with Crippen LogP contribution in [0.5, 0.6) is 0 Å². The normalized spacial score (nSPS) is 12.5. The zero-order chi connectivity index (χ0) is 28.7. The molecule has 0 aliphatic heterocycles. The number of hydrogen-bond donors (Lipinski definition) is 4. The molecule has 0 aliphatic rings. The van der Waals surface area contributed by atoms with E-state index in [9.17, 15) is 60.8 Å². The second kappa shape index (κ2) is 9.75. The zero-order valence-corrected chi connectivity index (χ0v) is 18.9. The van der Waals surface area contributed by atoms with E-state index in [1.54, 1.807) is 0 Å². The maximum atomic E-state index is 14.7. The van der Waals surface area contributed by atoms with E-state index in [0.717, 1.165) is 0 Å². The van der Waals surface area contributed by atoms with Crippen LogP contribution in [0, 0.1) is 5.92 Å². The van der Waals surface area contributed by atoms with Gasteiger partial charge in [0, 0.05) is 0 Å². The Morgan fingerprint density at radius 2 is 1.16 bits per heavy atom. The number of benzene rings is 2. The van der Waals surface area contributed by atoms with Crippen LogP contribution < -0.4 is 0 Å². The van der Waals surface area contributed by atoms with Gasteiger partial charge >= 0.3 is 36.2 Å². The van der Waals surface area contributed by atoms with Crippen LogP contribution in [0.25, 0.3) is 0 Å². The summed E-state index contributed by atoms with van der Waals surface area (Å²) in [7, 11) is 0. The van der Waals surface area contributed by atoms with Crippen molar-refractivity contribution in [2.24, 2.45) is 5.92 Å². The van der Waals surface area contributed by atoms with Crippen LogP contribution in [-0.4, -0.2) is 56.7 Å². The molecule has 0 aliphatic carbocycles. The quantitative estimate of drug-likeness (QED) is 0.341. The SMILES string of the molecule is CC(C)Cc1c(C(c2ccc(C(=O)O)c(C(=O)O)c2)(C(F)(F)F)C(F)(F)F)ccc(C(=O)O)c1C(=O)O. The Balaban J connectivity index is 3.29. The van der Waals surface area contributed by atoms with Gasteiger partial charge in [-0.25, -0.2) is 19.2 Å². The van der Waals surface area contributed by atoms with E-state index in [1.165, 1.54) is 13.8 Å². The standard InChI is InChI=1S/C23H18F6O8/c1-9(2)7-14-15(6-5-12(18(32)33)16(14)20(36)37)21(22(24,25)26,23(27,28)29)10-3-4-11(17(30)31)13(8-10)19(34)35/h3-6,8-9H,7H2,1-2H3,(H,30,31)(H,32,33)(H,34,35)(H,36,37). The first-order valence-electron chi connectivity index (χ1n) is 10.2. The Kier molecular flexibility index (Phi) is 7.67. The van der Waals surface area contributed by atoms with Crippen molar-refractivity contribution in [3.63, 3.8) is 0 Å². The first kappa shape index (κ1) is 29.1. The molecule has 200 valence electrons. The highest BCUT2D eigenvalue weighted by atomic mass is 19.4. The maximum Gasteiger partial charge on any atom is 0.411 e. The second-order valence-electron chi connectivity index (χ2n) is 8.34. The Bertz CT molecular complexity index is 1260. The molecule has 0 unspecified atom stereocenters. The van der Waals surface area contributed by atoms with Gasteiger partial charge < -0.3 is 20.4 Å². The van der Waals surface area contributed by atoms with Gasteiger partial charge in [0.15, 0.2) is 0 Å². The summed E-state index contributed by atoms with van der Waals surface area (Å²) in [5.41, 5.74) is -14.4. The van der Waals surface area contributed by atoms with E-state index in [1.807, 2.05) is 0 Å². The summed E-state index contributed by atoms with van der Waals surface area (Å²) in [4.78, 5) is 46.4. The zero-order valence-electron chi connectivity index (χ0n) is 18.9. The van der Waals surface area contributed by atoms with Crippen molar-refractivity contribution in [1.29, 1.82) is 0 Å². The summed E-state index contributed by atoms with van der Waals surface area (Å²) in [6, 6.07) is 0.805. The van der Waals surface area contributed by atoms with Crippen molar-refractivity contribution in [3.05, 3.63) is 69.3 Å². The smallest absolute Gasteiger partial charge is 0.411 e. The lowest BCUT2D eigenvalue weighted by Gasteiger charge is -2.40. The first-order chi connectivity index (χ1) is 16.8. The highest BCUT2D eigenvalue weighted by molar-refractivity contribution is 6.03. The van der Waals surface area contributed by atoms with Crippen LogP contribution in [0.4, 0.5) is 26.3 Å². The van der Waals surface area contributed by atoms with Crippen LogP contribution in [0.3, 0.4) is 0 Å². The van der Waals surface area contributed by atoms with Gasteiger partial charge in [0.05, 0.1) is 22.3 Å². The molecule has 0 saturated carbocycles. The molecule has 0 aromatic heterocycles. The molecule has 8 nitrogen and oxygen atoms in total. The summed E-state index contributed by atoms with van der Waals surface area (Å²) in [6.07, 6.45) is -13.3. The molecule has 37 heavy (non-hydrogen) atoms. The van der Waals surface area contributed by atoms with Crippen LogP contribution in [0.15, 0.2) is 30.3 Å². The van der Waals surface area contributed by atoms with Crippen molar-refractivity contribution in [1.82, 2.24) is 0 Å². The van der Waals surface area contributed by atoms with E-state index in [4.69, 9.17) is 5.11 Å². The predicted octanol–water partition coefficient (Wildman–Crippen LogP) is 5.09. The summed E-state index contributed by atoms with van der Waals surface area (Å²) in [5.74, 6) is -8.84. The van der Waals surface area contributed by atoms with Crippen molar-refractivity contribution in [2.75, 3.05) is 0 Å². The fraction of sp³-hybridized carbons (Fsp3) is 0.304. The third kappa shape index (κ3) is 4.95. The van der Waals surface area contributed by atoms with Gasteiger partial charge in [0.1, 0.15) is 0 Å². The lowest BCUT2D eigenvalue weighted by molar-refractivity contribution is -0.288. The molecule has 0 amide bonds. The molecule has 2 rings (SSSR count). The Morgan fingerprint density at radius 3 is 1.54 bits per heavy atom. The molecule has 0 heterocycles. The first-order valence-corrected chi connectivity index (χ1v) is 10.2. The highest BCUT2D eigenvalue weighted by Crippen LogP contribution is 2.57. The summed E-state index contributed by atoms with van der Waals surface area (Å²) >= 11 is 0. The van der Waals surface area contributed by atoms with E-state index in [2.05, 4.69) is 0 Å². The summed E-state index contributed by atoms with van der Waals surface area (Å²) in [6.45, 7) is 2.69. The average Bonchev–Trinajstić information content (AvgIpc) is 2.71. The molecular formula is C23H18F6O8. The minimum Gasteiger partial charge on any atom is -0.478 e. The average molecular weight is 536 g/mol. The van der Waals surface area contributed by atoms with Crippen molar-refractivity contribution in [3.8, 4) is 0 Å². The number of carboxylic acid groups (broad SMARTS) is 4. The molecule has 0 atom stereocenters. The number of halogens is 6. The Morgan fingerprint density at radius 1 is 0.703 bits per heavy atom. The Labute approximate surface area is 203 Å². The van der Waals surface area contributed by atoms with Crippen LogP contribution in [-0.2, 0) is 11.8 Å². The van der Waals surface area contributed by atoms with Gasteiger partial charge in [-0.1, -0.05) is 26.0 Å². The molecule has 0 spiro atoms. The fourth-order valence-electron chi connectivity index (χ4n) is 4.13. The van der Waals surface area contributed by atoms with Gasteiger partial charge in [-0.15, -0.1) is 0 Å². The van der Waals surface area contributed by atoms with E-state index < -0.39 is 92.9 Å². The molecule has 0 bridgehead atoms. The predicted molar refractivity (Wildman–Crippen MR) is 112 cm³/mol. The summed E-state index contributed by atoms with van der Waals surface area (Å²) in [5, 5.41) is 37.4. The third-order valence-electron chi connectivity index (χ3n) is 5.54. The Hall–Kier alpha value is -4.10. The molecule has 14 heteroatoms. The topological polar surface area (TPSA) is 149 Å². The van der Waals surface area contributed by atoms with Crippen LogP contribution in [0.1, 0.15) is 72.0 Å². The molecular weight excluding hydrogens is 518 g/mol. The van der Waals surface area contributed by atoms with Crippen molar-refractivity contribution < 1.29 is 65.9 Å². The van der Waals surface area contributed by atoms with Crippen LogP contribution in [0.2, 0.25) is 0 Å². The lowest BCUT2D eigenvalue weighted by Crippen LogP contribution is -2.55. The van der Waals surface area contributed by atoms with Crippen LogP contribution >= 0.6 is 0 Å². The van der Waals surface area contributed by atoms with Gasteiger partial charge in [-0.2, -0.15) is 26.3 Å². The van der Waals surface area contributed by atoms with E-state index >= 15 is 0 Å². The largest absolute Gasteiger partial charge is 0.478 e. The van der Waals surface area contributed by atoms with Crippen molar-refractivity contribution in [2.45, 2.75) is 38.0 Å². The van der Waals surface area contributed by atoms with Gasteiger partial charge in [0.25, 0.3) is 0 Å². The van der Waals surface area contributed by atoms with Gasteiger partial charge in [-0.3, -0.25) is 0 Å². The van der Waals surface area contributed by atoms with E-state index in [-0.39, 0.29) is 24.3 Å². The number of carboxylic acids is 4. The lowest BCUT2D eigenvalue weighted by atomic mass is 9.68. The third-order valence-corrected chi connectivity index (χ3v) is 5.54. The van der Waals surface area contributed by atoms with E-state index in [0.29, 0.717) is 6.07 Å². The molecule has 2 aromatic rings. The molecule has 0 radical (unpaired) electrons. The van der Waals surface area contributed by atoms with Crippen molar-refractivity contribution >= 4 is 23.9 Å². The number of carbonyl (C=O) groups is 4. The number of hydrogen-bond acceptors (Lipinski definition) is 4. The number of alkyl halides is 6. The van der Waals surface area contributed by atoms with Gasteiger partial charge in [0.2, 0.25) is 5.41 Å². The number of rotatable bonds is 8. The highest BCUT2D eigenvalue weighted by Gasteiger charge is 2.73. The minimum atomic E-state index is -6.29.